The van der Waals surface area contributed by atoms with Crippen molar-refractivity contribution in [3.63, 3.8) is 0 Å². The zero-order valence-corrected chi connectivity index (χ0v) is 13.8. The largest absolute Gasteiger partial charge is 0.497 e. The summed E-state index contributed by atoms with van der Waals surface area (Å²) >= 11 is 0. The van der Waals surface area contributed by atoms with E-state index in [0.29, 0.717) is 5.92 Å². The van der Waals surface area contributed by atoms with Crippen LogP contribution in [0, 0.1) is 5.82 Å². The molecule has 3 nitrogen and oxygen atoms in total. The Balaban J connectivity index is 1.52. The van der Waals surface area contributed by atoms with Crippen LogP contribution in [0.4, 0.5) is 4.39 Å². The second-order valence-corrected chi connectivity index (χ2v) is 6.51. The predicted molar refractivity (Wildman–Crippen MR) is 93.9 cm³/mol. The van der Waals surface area contributed by atoms with Crippen LogP contribution in [0.15, 0.2) is 48.7 Å². The summed E-state index contributed by atoms with van der Waals surface area (Å²) in [4.78, 5) is 5.77. The molecule has 1 saturated heterocycles. The highest BCUT2D eigenvalue weighted by Crippen LogP contribution is 2.34. The Morgan fingerprint density at radius 3 is 3.00 bits per heavy atom. The average Bonchev–Trinajstić information content (AvgIpc) is 3.20. The SMILES string of the molecule is COc1ccc2[nH]cc([C@H]3CCN(Cc4cccc(F)c4)C3)c2c1. The molecule has 1 N–H and O–H groups in total. The number of aromatic amines is 1. The number of ether oxygens (including phenoxy) is 1. The number of methoxy groups -OCH3 is 1. The van der Waals surface area contributed by atoms with Crippen LogP contribution >= 0.6 is 0 Å². The van der Waals surface area contributed by atoms with E-state index in [0.717, 1.165) is 42.9 Å². The van der Waals surface area contributed by atoms with Crippen molar-refractivity contribution in [3.05, 3.63) is 65.6 Å². The van der Waals surface area contributed by atoms with E-state index in [9.17, 15) is 4.39 Å². The monoisotopic (exact) mass is 324 g/mol. The van der Waals surface area contributed by atoms with Gasteiger partial charge in [-0.1, -0.05) is 12.1 Å². The molecule has 0 unspecified atom stereocenters. The van der Waals surface area contributed by atoms with Crippen LogP contribution in [0.25, 0.3) is 10.9 Å². The third-order valence-corrected chi connectivity index (χ3v) is 4.93. The highest BCUT2D eigenvalue weighted by molar-refractivity contribution is 5.85. The van der Waals surface area contributed by atoms with Gasteiger partial charge in [-0.3, -0.25) is 4.90 Å². The van der Waals surface area contributed by atoms with E-state index < -0.39 is 0 Å². The van der Waals surface area contributed by atoms with Gasteiger partial charge in [0.15, 0.2) is 0 Å². The van der Waals surface area contributed by atoms with E-state index in [2.05, 4.69) is 28.2 Å². The zero-order valence-electron chi connectivity index (χ0n) is 13.8. The van der Waals surface area contributed by atoms with Gasteiger partial charge in [0.1, 0.15) is 11.6 Å². The van der Waals surface area contributed by atoms with Gasteiger partial charge in [-0.15, -0.1) is 0 Å². The summed E-state index contributed by atoms with van der Waals surface area (Å²) in [5, 5.41) is 1.24. The van der Waals surface area contributed by atoms with E-state index in [4.69, 9.17) is 4.74 Å². The fourth-order valence-electron chi connectivity index (χ4n) is 3.71. The van der Waals surface area contributed by atoms with E-state index in [1.165, 1.54) is 17.0 Å². The van der Waals surface area contributed by atoms with Crippen molar-refractivity contribution >= 4 is 10.9 Å². The first-order valence-corrected chi connectivity index (χ1v) is 8.35. The molecule has 1 fully saturated rings. The lowest BCUT2D eigenvalue weighted by Gasteiger charge is -2.16. The van der Waals surface area contributed by atoms with Gasteiger partial charge in [-0.25, -0.2) is 4.39 Å². The molecule has 24 heavy (non-hydrogen) atoms. The van der Waals surface area contributed by atoms with Crippen LogP contribution in [0.1, 0.15) is 23.5 Å². The first-order valence-electron chi connectivity index (χ1n) is 8.35. The molecule has 4 rings (SSSR count). The van der Waals surface area contributed by atoms with Gasteiger partial charge in [-0.2, -0.15) is 0 Å². The Kier molecular flexibility index (Phi) is 3.98. The van der Waals surface area contributed by atoms with Gasteiger partial charge < -0.3 is 9.72 Å². The number of nitrogens with zero attached hydrogens (tertiary/aromatic N) is 1. The van der Waals surface area contributed by atoms with Crippen molar-refractivity contribution in [1.29, 1.82) is 0 Å². The second-order valence-electron chi connectivity index (χ2n) is 6.51. The van der Waals surface area contributed by atoms with Crippen LogP contribution in [-0.2, 0) is 6.54 Å². The number of benzene rings is 2. The molecule has 2 heterocycles. The summed E-state index contributed by atoms with van der Waals surface area (Å²) in [6.07, 6.45) is 3.25. The van der Waals surface area contributed by atoms with E-state index >= 15 is 0 Å². The zero-order chi connectivity index (χ0) is 16.5. The van der Waals surface area contributed by atoms with Crippen molar-refractivity contribution in [2.75, 3.05) is 20.2 Å². The summed E-state index contributed by atoms with van der Waals surface area (Å²) in [5.41, 5.74) is 3.54. The first-order chi connectivity index (χ1) is 11.7. The van der Waals surface area contributed by atoms with Crippen molar-refractivity contribution in [1.82, 2.24) is 9.88 Å². The molecular weight excluding hydrogens is 303 g/mol. The van der Waals surface area contributed by atoms with Crippen LogP contribution in [0.3, 0.4) is 0 Å². The van der Waals surface area contributed by atoms with Gasteiger partial charge >= 0.3 is 0 Å². The lowest BCUT2D eigenvalue weighted by molar-refractivity contribution is 0.326. The maximum atomic E-state index is 13.4. The Hall–Kier alpha value is -2.33. The highest BCUT2D eigenvalue weighted by Gasteiger charge is 2.26. The Bertz CT molecular complexity index is 858. The summed E-state index contributed by atoms with van der Waals surface area (Å²) in [5.74, 6) is 1.23. The van der Waals surface area contributed by atoms with Gasteiger partial charge in [0.2, 0.25) is 0 Å². The minimum Gasteiger partial charge on any atom is -0.497 e. The smallest absolute Gasteiger partial charge is 0.123 e. The number of hydrogen-bond donors (Lipinski definition) is 1. The molecule has 0 aliphatic carbocycles. The van der Waals surface area contributed by atoms with E-state index in [1.54, 1.807) is 19.2 Å². The Morgan fingerprint density at radius 1 is 1.25 bits per heavy atom. The van der Waals surface area contributed by atoms with Gasteiger partial charge in [0, 0.05) is 30.2 Å². The minimum absolute atomic E-state index is 0.160. The third kappa shape index (κ3) is 2.89. The van der Waals surface area contributed by atoms with Gasteiger partial charge in [0.05, 0.1) is 7.11 Å². The molecule has 4 heteroatoms. The molecule has 0 spiro atoms. The van der Waals surface area contributed by atoms with E-state index in [1.807, 2.05) is 12.1 Å². The summed E-state index contributed by atoms with van der Waals surface area (Å²) in [7, 11) is 1.70. The number of likely N-dealkylation sites (tertiary alicyclic amines) is 1. The molecule has 1 aliphatic rings. The van der Waals surface area contributed by atoms with E-state index in [-0.39, 0.29) is 5.82 Å². The molecular formula is C20H21FN2O. The number of fused-ring (bicyclic) bond motifs is 1. The van der Waals surface area contributed by atoms with Crippen molar-refractivity contribution in [2.45, 2.75) is 18.9 Å². The predicted octanol–water partition coefficient (Wildman–Crippen LogP) is 4.31. The van der Waals surface area contributed by atoms with Crippen molar-refractivity contribution < 1.29 is 9.13 Å². The fourth-order valence-corrected chi connectivity index (χ4v) is 3.71. The number of nitrogens with one attached hydrogen (secondary N) is 1. The summed E-state index contributed by atoms with van der Waals surface area (Å²) in [6.45, 7) is 2.85. The molecule has 3 aromatic rings. The number of hydrogen-bond acceptors (Lipinski definition) is 2. The van der Waals surface area contributed by atoms with Crippen molar-refractivity contribution in [2.24, 2.45) is 0 Å². The standard InChI is InChI=1S/C20H21FN2O/c1-24-17-5-6-20-18(10-17)19(11-22-20)15-7-8-23(13-15)12-14-3-2-4-16(21)9-14/h2-6,9-11,15,22H,7-8,12-13H2,1H3/t15-/m0/s1. The number of rotatable bonds is 4. The highest BCUT2D eigenvalue weighted by atomic mass is 19.1. The molecule has 0 saturated carbocycles. The number of H-pyrrole nitrogens is 1. The average molecular weight is 324 g/mol. The maximum Gasteiger partial charge on any atom is 0.123 e. The normalized spacial score (nSPS) is 18.3. The quantitative estimate of drug-likeness (QED) is 0.775. The Morgan fingerprint density at radius 2 is 2.17 bits per heavy atom. The Labute approximate surface area is 141 Å². The van der Waals surface area contributed by atoms with Crippen molar-refractivity contribution in [3.8, 4) is 5.75 Å². The van der Waals surface area contributed by atoms with Crippen LogP contribution in [0.5, 0.6) is 5.75 Å². The topological polar surface area (TPSA) is 28.3 Å². The third-order valence-electron chi connectivity index (χ3n) is 4.93. The molecule has 0 amide bonds. The lowest BCUT2D eigenvalue weighted by atomic mass is 9.98. The van der Waals surface area contributed by atoms with Crippen LogP contribution in [0.2, 0.25) is 0 Å². The molecule has 1 aromatic heterocycles. The van der Waals surface area contributed by atoms with Crippen LogP contribution in [-0.4, -0.2) is 30.1 Å². The lowest BCUT2D eigenvalue weighted by Crippen LogP contribution is -2.19. The molecule has 124 valence electrons. The fraction of sp³-hybridized carbons (Fsp3) is 0.300. The van der Waals surface area contributed by atoms with Gasteiger partial charge in [0.25, 0.3) is 0 Å². The van der Waals surface area contributed by atoms with Gasteiger partial charge in [-0.05, 0) is 60.3 Å². The molecule has 2 aromatic carbocycles. The maximum absolute atomic E-state index is 13.4. The minimum atomic E-state index is -0.160. The first kappa shape index (κ1) is 15.2. The summed E-state index contributed by atoms with van der Waals surface area (Å²) < 4.78 is 18.7. The molecule has 1 aliphatic heterocycles. The molecule has 1 atom stereocenters. The molecule has 0 bridgehead atoms. The number of halogens is 1. The summed E-state index contributed by atoms with van der Waals surface area (Å²) in [6, 6.07) is 13.1. The number of aromatic nitrogens is 1. The second kappa shape index (κ2) is 6.29. The molecule has 0 radical (unpaired) electrons. The van der Waals surface area contributed by atoms with Crippen LogP contribution < -0.4 is 4.74 Å².